The van der Waals surface area contributed by atoms with Gasteiger partial charge in [0.2, 0.25) is 5.91 Å². The van der Waals surface area contributed by atoms with Crippen LogP contribution in [0.25, 0.3) is 11.8 Å². The third-order valence-corrected chi connectivity index (χ3v) is 4.79. The molecule has 170 valence electrons. The Labute approximate surface area is 190 Å². The van der Waals surface area contributed by atoms with Crippen LogP contribution in [0.2, 0.25) is 0 Å². The fourth-order valence-electron chi connectivity index (χ4n) is 3.15. The van der Waals surface area contributed by atoms with Crippen molar-refractivity contribution in [2.45, 2.75) is 13.8 Å². The van der Waals surface area contributed by atoms with E-state index in [1.54, 1.807) is 67.2 Å². The van der Waals surface area contributed by atoms with Gasteiger partial charge in [0.1, 0.15) is 11.4 Å². The number of aromatic nitrogens is 2. The van der Waals surface area contributed by atoms with Gasteiger partial charge < -0.3 is 15.4 Å². The van der Waals surface area contributed by atoms with E-state index in [1.165, 1.54) is 17.7 Å². The van der Waals surface area contributed by atoms with E-state index in [9.17, 15) is 19.2 Å². The number of ether oxygens (including phenoxy) is 1. The van der Waals surface area contributed by atoms with Gasteiger partial charge in [0.15, 0.2) is 6.61 Å². The summed E-state index contributed by atoms with van der Waals surface area (Å²) in [6.45, 7) is 2.32. The van der Waals surface area contributed by atoms with Crippen molar-refractivity contribution in [1.29, 1.82) is 0 Å². The average Bonchev–Trinajstić information content (AvgIpc) is 3.01. The molecule has 0 bridgehead atoms. The number of nitrogens with zero attached hydrogens (tertiary/aromatic N) is 2. The molecule has 1 heterocycles. The zero-order valence-corrected chi connectivity index (χ0v) is 18.5. The Morgan fingerprint density at radius 2 is 1.61 bits per heavy atom. The van der Waals surface area contributed by atoms with Crippen LogP contribution in [0.1, 0.15) is 18.2 Å². The Kier molecular flexibility index (Phi) is 7.24. The molecule has 3 rings (SSSR count). The molecule has 1 aromatic heterocycles. The van der Waals surface area contributed by atoms with Crippen LogP contribution in [0.15, 0.2) is 71.2 Å². The minimum atomic E-state index is -0.879. The van der Waals surface area contributed by atoms with Crippen LogP contribution in [0.5, 0.6) is 0 Å². The van der Waals surface area contributed by atoms with Gasteiger partial charge in [0, 0.05) is 14.0 Å². The highest BCUT2D eigenvalue weighted by Crippen LogP contribution is 2.14. The van der Waals surface area contributed by atoms with Gasteiger partial charge in [-0.25, -0.2) is 9.48 Å². The maximum Gasteiger partial charge on any atom is 0.355 e. The third kappa shape index (κ3) is 5.65. The summed E-state index contributed by atoms with van der Waals surface area (Å²) in [7, 11) is 1.70. The lowest BCUT2D eigenvalue weighted by molar-refractivity contribution is -0.144. The summed E-state index contributed by atoms with van der Waals surface area (Å²) in [6, 6.07) is 17.9. The molecule has 0 saturated carbocycles. The zero-order valence-electron chi connectivity index (χ0n) is 18.5. The third-order valence-electron chi connectivity index (χ3n) is 4.79. The van der Waals surface area contributed by atoms with E-state index in [0.717, 1.165) is 0 Å². The Morgan fingerprint density at radius 1 is 1.00 bits per heavy atom. The molecule has 0 spiro atoms. The van der Waals surface area contributed by atoms with Crippen LogP contribution in [0.3, 0.4) is 0 Å². The summed E-state index contributed by atoms with van der Waals surface area (Å²) in [5, 5.41) is 4.93. The smallest absolute Gasteiger partial charge is 0.355 e. The first-order valence-corrected chi connectivity index (χ1v) is 10.1. The molecule has 9 heteroatoms. The molecule has 0 aliphatic carbocycles. The second kappa shape index (κ2) is 10.3. The summed E-state index contributed by atoms with van der Waals surface area (Å²) in [6.07, 6.45) is 1.45. The second-order valence-electron chi connectivity index (χ2n) is 7.21. The molecule has 33 heavy (non-hydrogen) atoms. The first kappa shape index (κ1) is 23.3. The Bertz CT molecular complexity index is 1260. The Hall–Kier alpha value is -4.40. The minimum Gasteiger partial charge on any atom is -0.451 e. The predicted molar refractivity (Wildman–Crippen MR) is 124 cm³/mol. The molecule has 0 unspecified atom stereocenters. The Balaban J connectivity index is 1.72. The van der Waals surface area contributed by atoms with E-state index >= 15 is 0 Å². The molecule has 2 aromatic carbocycles. The van der Waals surface area contributed by atoms with Crippen molar-refractivity contribution in [3.05, 3.63) is 88.0 Å². The number of carbonyl (C=O) groups excluding carboxylic acids is 3. The maximum absolute atomic E-state index is 12.9. The molecule has 0 aliphatic rings. The highest BCUT2D eigenvalue weighted by Gasteiger charge is 2.20. The summed E-state index contributed by atoms with van der Waals surface area (Å²) < 4.78 is 8.11. The maximum atomic E-state index is 12.9. The molecule has 0 radical (unpaired) electrons. The number of carbonyl (C=O) groups is 3. The van der Waals surface area contributed by atoms with Crippen LogP contribution >= 0.6 is 0 Å². The van der Waals surface area contributed by atoms with Gasteiger partial charge in [-0.1, -0.05) is 48.5 Å². The molecule has 0 aliphatic heterocycles. The quantitative estimate of drug-likeness (QED) is 0.425. The number of para-hydroxylation sites is 1. The number of amides is 2. The van der Waals surface area contributed by atoms with Crippen LogP contribution < -0.4 is 16.2 Å². The van der Waals surface area contributed by atoms with Crippen molar-refractivity contribution >= 4 is 29.5 Å². The van der Waals surface area contributed by atoms with Gasteiger partial charge in [-0.05, 0) is 30.7 Å². The highest BCUT2D eigenvalue weighted by molar-refractivity contribution is 5.99. The van der Waals surface area contributed by atoms with Crippen LogP contribution in [-0.2, 0) is 26.2 Å². The van der Waals surface area contributed by atoms with Crippen LogP contribution in [0.4, 0.5) is 5.69 Å². The first-order valence-electron chi connectivity index (χ1n) is 10.1. The molecule has 3 aromatic rings. The summed E-state index contributed by atoms with van der Waals surface area (Å²) in [5.74, 6) is -2.02. The number of esters is 1. The summed E-state index contributed by atoms with van der Waals surface area (Å²) in [4.78, 5) is 49.2. The number of nitrogens with one attached hydrogen (secondary N) is 2. The molecule has 2 N–H and O–H groups in total. The highest BCUT2D eigenvalue weighted by atomic mass is 16.5. The van der Waals surface area contributed by atoms with Gasteiger partial charge in [-0.3, -0.25) is 19.1 Å². The summed E-state index contributed by atoms with van der Waals surface area (Å²) in [5.41, 5.74) is 1.42. The van der Waals surface area contributed by atoms with E-state index in [4.69, 9.17) is 4.74 Å². The molecule has 0 saturated heterocycles. The molecule has 2 amide bonds. The molecular formula is C24H24N4O5. The van der Waals surface area contributed by atoms with Crippen LogP contribution in [0, 0.1) is 6.92 Å². The fraction of sp³-hybridized carbons (Fsp3) is 0.167. The van der Waals surface area contributed by atoms with Crippen LogP contribution in [-0.4, -0.2) is 33.8 Å². The minimum absolute atomic E-state index is 0.0873. The molecule has 0 fully saturated rings. The second-order valence-corrected chi connectivity index (χ2v) is 7.21. The van der Waals surface area contributed by atoms with Crippen molar-refractivity contribution in [1.82, 2.24) is 14.7 Å². The first-order chi connectivity index (χ1) is 15.8. The molecular weight excluding hydrogens is 424 g/mol. The van der Waals surface area contributed by atoms with E-state index in [1.807, 2.05) is 12.1 Å². The number of hydrogen-bond donors (Lipinski definition) is 2. The van der Waals surface area contributed by atoms with E-state index in [2.05, 4.69) is 10.6 Å². The van der Waals surface area contributed by atoms with Gasteiger partial charge in [0.05, 0.1) is 11.4 Å². The lowest BCUT2D eigenvalue weighted by Crippen LogP contribution is -2.29. The number of anilines is 1. The standard InChI is InChI=1S/C24H24N4O5/c1-16-22(23(31)28(27(16)3)19-12-8-5-9-13-19)26-21(30)15-33-24(32)20(25-17(2)29)14-18-10-6-4-7-11-18/h4-14H,15H2,1-3H3,(H,25,29)(H,26,30)/b20-14-. The van der Waals surface area contributed by atoms with Gasteiger partial charge in [0.25, 0.3) is 11.5 Å². The molecule has 0 atom stereocenters. The van der Waals surface area contributed by atoms with E-state index in [0.29, 0.717) is 16.9 Å². The van der Waals surface area contributed by atoms with E-state index in [-0.39, 0.29) is 11.4 Å². The van der Waals surface area contributed by atoms with Crippen molar-refractivity contribution in [3.8, 4) is 5.69 Å². The average molecular weight is 448 g/mol. The van der Waals surface area contributed by atoms with Gasteiger partial charge >= 0.3 is 5.97 Å². The lowest BCUT2D eigenvalue weighted by atomic mass is 10.2. The number of hydrogen-bond acceptors (Lipinski definition) is 5. The van der Waals surface area contributed by atoms with E-state index < -0.39 is 29.9 Å². The lowest BCUT2D eigenvalue weighted by Gasteiger charge is -2.09. The number of rotatable bonds is 7. The largest absolute Gasteiger partial charge is 0.451 e. The van der Waals surface area contributed by atoms with Gasteiger partial charge in [-0.2, -0.15) is 0 Å². The van der Waals surface area contributed by atoms with Crippen molar-refractivity contribution in [2.75, 3.05) is 11.9 Å². The zero-order chi connectivity index (χ0) is 24.0. The van der Waals surface area contributed by atoms with Crippen molar-refractivity contribution < 1.29 is 19.1 Å². The topological polar surface area (TPSA) is 111 Å². The molecule has 9 nitrogen and oxygen atoms in total. The van der Waals surface area contributed by atoms with Gasteiger partial charge in [-0.15, -0.1) is 0 Å². The number of benzene rings is 2. The van der Waals surface area contributed by atoms with Crippen molar-refractivity contribution in [3.63, 3.8) is 0 Å². The Morgan fingerprint density at radius 3 is 2.21 bits per heavy atom. The normalized spacial score (nSPS) is 11.1. The summed E-state index contributed by atoms with van der Waals surface area (Å²) >= 11 is 0. The fourth-order valence-corrected chi connectivity index (χ4v) is 3.15. The SMILES string of the molecule is CC(=O)N/C(=C\c1ccccc1)C(=O)OCC(=O)Nc1c(C)n(C)n(-c2ccccc2)c1=O. The van der Waals surface area contributed by atoms with Crippen molar-refractivity contribution in [2.24, 2.45) is 7.05 Å². The monoisotopic (exact) mass is 448 g/mol. The predicted octanol–water partition coefficient (Wildman–Crippen LogP) is 2.14.